The Bertz CT molecular complexity index is 1910. The fourth-order valence-corrected chi connectivity index (χ4v) is 5.49. The first kappa shape index (κ1) is 28.7. The van der Waals surface area contributed by atoms with Gasteiger partial charge >= 0.3 is 0 Å². The maximum atomic E-state index is 16.8. The summed E-state index contributed by atoms with van der Waals surface area (Å²) in [4.78, 5) is 16.7. The van der Waals surface area contributed by atoms with Crippen molar-refractivity contribution in [2.75, 3.05) is 0 Å². The second-order valence-corrected chi connectivity index (χ2v) is 10.6. The van der Waals surface area contributed by atoms with E-state index in [4.69, 9.17) is 0 Å². The maximum absolute atomic E-state index is 16.8. The highest BCUT2D eigenvalue weighted by atomic mass is 19.2. The Balaban J connectivity index is 1.49. The minimum absolute atomic E-state index is 0.0197. The quantitative estimate of drug-likeness (QED) is 0.107. The highest BCUT2D eigenvalue weighted by Crippen LogP contribution is 2.42. The first-order chi connectivity index (χ1) is 22.5. The molecule has 8 heteroatoms. The van der Waals surface area contributed by atoms with Gasteiger partial charge in [-0.25, -0.2) is 17.6 Å². The highest BCUT2D eigenvalue weighted by molar-refractivity contribution is 5.86. The van der Waals surface area contributed by atoms with E-state index in [0.717, 1.165) is 0 Å². The second kappa shape index (κ2) is 12.2. The molecule has 4 heterocycles. The number of benzene rings is 3. The fraction of sp³-hybridized carbons (Fsp3) is 0. The van der Waals surface area contributed by atoms with Crippen LogP contribution < -0.4 is 0 Å². The largest absolute Gasteiger partial charge is 0.264 e. The number of rotatable bonds is 6. The van der Waals surface area contributed by atoms with Crippen LogP contribution in [0, 0.1) is 23.3 Å². The molecule has 0 aliphatic carbocycles. The van der Waals surface area contributed by atoms with Gasteiger partial charge in [-0.3, -0.25) is 19.9 Å². The third-order valence-electron chi connectivity index (χ3n) is 7.69. The Morgan fingerprint density at radius 2 is 0.587 bits per heavy atom. The monoisotopic (exact) mass is 610 g/mol. The highest BCUT2D eigenvalue weighted by Gasteiger charge is 2.28. The van der Waals surface area contributed by atoms with Crippen LogP contribution in [0.25, 0.3) is 66.8 Å². The van der Waals surface area contributed by atoms with Crippen LogP contribution in [0.2, 0.25) is 0 Å². The number of hydrogen-bond acceptors (Lipinski definition) is 4. The molecule has 7 aromatic rings. The zero-order valence-corrected chi connectivity index (χ0v) is 24.0. The Morgan fingerprint density at radius 1 is 0.304 bits per heavy atom. The molecule has 7 rings (SSSR count). The summed E-state index contributed by atoms with van der Waals surface area (Å²) in [6.07, 6.45) is 12.9. The van der Waals surface area contributed by atoms with Gasteiger partial charge in [0.15, 0.2) is 17.5 Å². The first-order valence-electron chi connectivity index (χ1n) is 14.3. The van der Waals surface area contributed by atoms with Crippen molar-refractivity contribution in [1.82, 2.24) is 19.9 Å². The molecule has 0 saturated carbocycles. The average molecular weight is 611 g/mol. The molecule has 0 spiro atoms. The van der Waals surface area contributed by atoms with Crippen molar-refractivity contribution in [2.24, 2.45) is 0 Å². The molecule has 0 radical (unpaired) electrons. The number of halogens is 4. The Kier molecular flexibility index (Phi) is 7.60. The first-order valence-corrected chi connectivity index (χ1v) is 14.3. The van der Waals surface area contributed by atoms with E-state index >= 15 is 17.6 Å². The molecule has 0 bridgehead atoms. The maximum Gasteiger partial charge on any atom is 0.195 e. The average Bonchev–Trinajstić information content (AvgIpc) is 3.12. The zero-order chi connectivity index (χ0) is 31.6. The number of pyridine rings is 4. The van der Waals surface area contributed by atoms with Gasteiger partial charge in [0.2, 0.25) is 0 Å². The summed E-state index contributed by atoms with van der Waals surface area (Å²) in [5.41, 5.74) is 3.63. The van der Waals surface area contributed by atoms with E-state index in [2.05, 4.69) is 19.9 Å². The molecule has 0 fully saturated rings. The number of hydrogen-bond donors (Lipinski definition) is 0. The molecule has 46 heavy (non-hydrogen) atoms. The SMILES string of the molecule is Fc1c(F)c(-c2cc(-c3cccnc3)cc(-c3cccnc3)c2)c(F)c(-c2cc(-c3cccnc3)cc(-c3cccnc3)c2)c1F. The third-order valence-corrected chi connectivity index (χ3v) is 7.69. The van der Waals surface area contributed by atoms with Crippen molar-refractivity contribution in [3.8, 4) is 66.8 Å². The van der Waals surface area contributed by atoms with E-state index in [1.165, 1.54) is 24.3 Å². The van der Waals surface area contributed by atoms with Gasteiger partial charge in [0.05, 0.1) is 11.1 Å². The Morgan fingerprint density at radius 3 is 0.848 bits per heavy atom. The lowest BCUT2D eigenvalue weighted by atomic mass is 9.90. The van der Waals surface area contributed by atoms with E-state index in [9.17, 15) is 0 Å². The number of nitrogens with zero attached hydrogens (tertiary/aromatic N) is 4. The van der Waals surface area contributed by atoms with Gasteiger partial charge in [0.25, 0.3) is 0 Å². The van der Waals surface area contributed by atoms with Crippen LogP contribution in [-0.4, -0.2) is 19.9 Å². The van der Waals surface area contributed by atoms with Crippen molar-refractivity contribution in [3.63, 3.8) is 0 Å². The molecule has 0 N–H and O–H groups in total. The van der Waals surface area contributed by atoms with Crippen LogP contribution >= 0.6 is 0 Å². The molecule has 0 amide bonds. The lowest BCUT2D eigenvalue weighted by molar-refractivity contribution is 0.440. The standard InChI is InChI=1S/C38H22F4N4/c39-35-33(31-15-27(23-5-1-9-43-19-23)13-28(16-31)24-6-2-10-44-20-24)36(40)38(42)37(41)34(35)32-17-29(25-7-3-11-45-21-25)14-30(18-32)26-8-4-12-46-22-26/h1-22H. The molecule has 4 aromatic heterocycles. The summed E-state index contributed by atoms with van der Waals surface area (Å²) >= 11 is 0. The van der Waals surface area contributed by atoms with Crippen molar-refractivity contribution < 1.29 is 17.6 Å². The van der Waals surface area contributed by atoms with E-state index in [0.29, 0.717) is 44.5 Å². The summed E-state index contributed by atoms with van der Waals surface area (Å²) < 4.78 is 63.9. The van der Waals surface area contributed by atoms with Gasteiger partial charge in [-0.05, 0) is 94.0 Å². The smallest absolute Gasteiger partial charge is 0.195 e. The Labute approximate surface area is 261 Å². The van der Waals surface area contributed by atoms with E-state index in [1.54, 1.807) is 98.1 Å². The van der Waals surface area contributed by atoms with Crippen molar-refractivity contribution in [2.45, 2.75) is 0 Å². The molecule has 3 aromatic carbocycles. The van der Waals surface area contributed by atoms with Crippen LogP contribution in [0.4, 0.5) is 17.6 Å². The number of aromatic nitrogens is 4. The molecule has 0 unspecified atom stereocenters. The van der Waals surface area contributed by atoms with Gasteiger partial charge in [0, 0.05) is 71.8 Å². The molecule has 0 aliphatic heterocycles. The van der Waals surface area contributed by atoms with Crippen molar-refractivity contribution in [1.29, 1.82) is 0 Å². The second-order valence-electron chi connectivity index (χ2n) is 10.6. The molecule has 4 nitrogen and oxygen atoms in total. The topological polar surface area (TPSA) is 51.6 Å². The van der Waals surface area contributed by atoms with Crippen LogP contribution in [-0.2, 0) is 0 Å². The summed E-state index contributed by atoms with van der Waals surface area (Å²) in [5, 5.41) is 0. The Hall–Kier alpha value is -6.02. The molecular formula is C38H22F4N4. The van der Waals surface area contributed by atoms with Gasteiger partial charge in [0.1, 0.15) is 5.82 Å². The van der Waals surface area contributed by atoms with E-state index in [-0.39, 0.29) is 11.1 Å². The predicted octanol–water partition coefficient (Wildman–Crippen LogP) is 9.82. The van der Waals surface area contributed by atoms with Crippen molar-refractivity contribution in [3.05, 3.63) is 158 Å². The minimum atomic E-state index is -1.78. The van der Waals surface area contributed by atoms with E-state index in [1.807, 2.05) is 12.1 Å². The molecular weight excluding hydrogens is 588 g/mol. The van der Waals surface area contributed by atoms with Crippen LogP contribution in [0.15, 0.2) is 135 Å². The summed E-state index contributed by atoms with van der Waals surface area (Å²) in [7, 11) is 0. The lowest BCUT2D eigenvalue weighted by Gasteiger charge is -2.17. The normalized spacial score (nSPS) is 11.0. The zero-order valence-electron chi connectivity index (χ0n) is 24.0. The van der Waals surface area contributed by atoms with E-state index < -0.39 is 34.4 Å². The third kappa shape index (κ3) is 5.41. The summed E-state index contributed by atoms with van der Waals surface area (Å²) in [6.45, 7) is 0. The molecule has 0 atom stereocenters. The van der Waals surface area contributed by atoms with Crippen LogP contribution in [0.3, 0.4) is 0 Å². The van der Waals surface area contributed by atoms with Gasteiger partial charge < -0.3 is 0 Å². The van der Waals surface area contributed by atoms with Crippen LogP contribution in [0.5, 0.6) is 0 Å². The molecule has 0 aliphatic rings. The minimum Gasteiger partial charge on any atom is -0.264 e. The van der Waals surface area contributed by atoms with Gasteiger partial charge in [-0.2, -0.15) is 0 Å². The molecule has 0 saturated heterocycles. The molecule has 222 valence electrons. The van der Waals surface area contributed by atoms with Crippen LogP contribution in [0.1, 0.15) is 0 Å². The van der Waals surface area contributed by atoms with Gasteiger partial charge in [-0.1, -0.05) is 24.3 Å². The summed E-state index contributed by atoms with van der Waals surface area (Å²) in [5.74, 6) is -6.28. The van der Waals surface area contributed by atoms with Gasteiger partial charge in [-0.15, -0.1) is 0 Å². The lowest BCUT2D eigenvalue weighted by Crippen LogP contribution is -2.04. The predicted molar refractivity (Wildman–Crippen MR) is 170 cm³/mol. The summed E-state index contributed by atoms with van der Waals surface area (Å²) in [6, 6.07) is 23.9. The fourth-order valence-electron chi connectivity index (χ4n) is 5.49. The van der Waals surface area contributed by atoms with Crippen molar-refractivity contribution >= 4 is 0 Å².